The Morgan fingerprint density at radius 3 is 2.71 bits per heavy atom. The minimum atomic E-state index is -1.07. The normalized spacial score (nSPS) is 10.0. The Hall–Kier alpha value is -2.02. The van der Waals surface area contributed by atoms with Crippen LogP contribution in [0.5, 0.6) is 0 Å². The number of carbonyl (C=O) groups is 1. The maximum absolute atomic E-state index is 13.2. The maximum Gasteiger partial charge on any atom is 0.338 e. The maximum atomic E-state index is 13.2. The smallest absolute Gasteiger partial charge is 0.338 e. The Kier molecular flexibility index (Phi) is 4.53. The number of nitro groups is 1. The summed E-state index contributed by atoms with van der Waals surface area (Å²) in [6.45, 7) is 0.259. The van der Waals surface area contributed by atoms with Crippen molar-refractivity contribution >= 4 is 11.7 Å². The first-order chi connectivity index (χ1) is 8.06. The number of nitrogens with zero attached hydrogens (tertiary/aromatic N) is 1. The molecule has 7 heteroatoms. The van der Waals surface area contributed by atoms with E-state index in [9.17, 15) is 19.3 Å². The van der Waals surface area contributed by atoms with Gasteiger partial charge in [0.25, 0.3) is 0 Å². The summed E-state index contributed by atoms with van der Waals surface area (Å²) in [5.41, 5.74) is -0.761. The topological polar surface area (TPSA) is 78.7 Å². The quantitative estimate of drug-likeness (QED) is 0.339. The van der Waals surface area contributed by atoms with Gasteiger partial charge in [0.2, 0.25) is 5.82 Å². The monoisotopic (exact) mass is 243 g/mol. The van der Waals surface area contributed by atoms with Gasteiger partial charge in [0.05, 0.1) is 17.1 Å². The molecule has 1 aromatic carbocycles. The van der Waals surface area contributed by atoms with E-state index in [1.165, 1.54) is 7.11 Å². The standard InChI is InChI=1S/C10H10FNO5/c1-16-4-5-17-10(13)7-2-3-9(12(14)15)8(11)6-7/h2-3,6H,4-5H2,1H3. The summed E-state index contributed by atoms with van der Waals surface area (Å²) in [6.07, 6.45) is 0. The van der Waals surface area contributed by atoms with Crippen molar-refractivity contribution in [3.05, 3.63) is 39.7 Å². The van der Waals surface area contributed by atoms with Crippen LogP contribution in [0.4, 0.5) is 10.1 Å². The van der Waals surface area contributed by atoms with Gasteiger partial charge in [0.15, 0.2) is 0 Å². The van der Waals surface area contributed by atoms with Crippen LogP contribution < -0.4 is 0 Å². The van der Waals surface area contributed by atoms with Crippen LogP contribution in [0, 0.1) is 15.9 Å². The molecule has 0 heterocycles. The second-order valence-corrected chi connectivity index (χ2v) is 3.05. The summed E-state index contributed by atoms with van der Waals surface area (Å²) in [5, 5.41) is 10.3. The minimum absolute atomic E-state index is 0.0357. The molecule has 0 aliphatic rings. The molecule has 0 aromatic heterocycles. The molecule has 0 unspecified atom stereocenters. The Labute approximate surface area is 96.1 Å². The summed E-state index contributed by atoms with van der Waals surface area (Å²) >= 11 is 0. The molecule has 17 heavy (non-hydrogen) atoms. The molecule has 0 saturated carbocycles. The highest BCUT2D eigenvalue weighted by Gasteiger charge is 2.17. The molecule has 0 spiro atoms. The number of carbonyl (C=O) groups excluding carboxylic acids is 1. The van der Waals surface area contributed by atoms with Crippen LogP contribution in [-0.4, -0.2) is 31.2 Å². The van der Waals surface area contributed by atoms with Gasteiger partial charge in [-0.05, 0) is 12.1 Å². The lowest BCUT2D eigenvalue weighted by Crippen LogP contribution is -2.10. The van der Waals surface area contributed by atoms with Crippen LogP contribution in [0.15, 0.2) is 18.2 Å². The number of halogens is 1. The van der Waals surface area contributed by atoms with Crippen molar-refractivity contribution < 1.29 is 23.6 Å². The third-order valence-electron chi connectivity index (χ3n) is 1.90. The molecule has 92 valence electrons. The molecular formula is C10H10FNO5. The van der Waals surface area contributed by atoms with Gasteiger partial charge in [-0.2, -0.15) is 4.39 Å². The van der Waals surface area contributed by atoms with Crippen LogP contribution in [0.3, 0.4) is 0 Å². The van der Waals surface area contributed by atoms with Crippen molar-refractivity contribution in [1.29, 1.82) is 0 Å². The first-order valence-electron chi connectivity index (χ1n) is 4.66. The largest absolute Gasteiger partial charge is 0.460 e. The highest BCUT2D eigenvalue weighted by Crippen LogP contribution is 2.18. The van der Waals surface area contributed by atoms with Gasteiger partial charge in [-0.15, -0.1) is 0 Å². The third-order valence-corrected chi connectivity index (χ3v) is 1.90. The van der Waals surface area contributed by atoms with Crippen molar-refractivity contribution in [2.45, 2.75) is 0 Å². The molecule has 0 bridgehead atoms. The van der Waals surface area contributed by atoms with E-state index in [1.807, 2.05) is 0 Å². The van der Waals surface area contributed by atoms with Crippen molar-refractivity contribution in [3.63, 3.8) is 0 Å². The zero-order valence-electron chi connectivity index (χ0n) is 9.01. The van der Waals surface area contributed by atoms with Crippen LogP contribution in [0.25, 0.3) is 0 Å². The van der Waals surface area contributed by atoms with Gasteiger partial charge >= 0.3 is 11.7 Å². The van der Waals surface area contributed by atoms with E-state index in [2.05, 4.69) is 4.74 Å². The average molecular weight is 243 g/mol. The third kappa shape index (κ3) is 3.49. The first kappa shape index (κ1) is 13.0. The molecule has 6 nitrogen and oxygen atoms in total. The zero-order valence-corrected chi connectivity index (χ0v) is 9.01. The van der Waals surface area contributed by atoms with Gasteiger partial charge in [-0.1, -0.05) is 0 Å². The van der Waals surface area contributed by atoms with E-state index in [0.717, 1.165) is 18.2 Å². The van der Waals surface area contributed by atoms with Crippen molar-refractivity contribution in [2.75, 3.05) is 20.3 Å². The van der Waals surface area contributed by atoms with E-state index < -0.39 is 22.4 Å². The van der Waals surface area contributed by atoms with Crippen LogP contribution in [0.2, 0.25) is 0 Å². The van der Waals surface area contributed by atoms with Crippen molar-refractivity contribution in [3.8, 4) is 0 Å². The second-order valence-electron chi connectivity index (χ2n) is 3.05. The van der Waals surface area contributed by atoms with E-state index in [4.69, 9.17) is 4.74 Å². The number of hydrogen-bond donors (Lipinski definition) is 0. The molecule has 0 aliphatic carbocycles. The summed E-state index contributed by atoms with van der Waals surface area (Å²) in [7, 11) is 1.44. The van der Waals surface area contributed by atoms with Gasteiger partial charge < -0.3 is 9.47 Å². The Morgan fingerprint density at radius 1 is 1.47 bits per heavy atom. The molecular weight excluding hydrogens is 233 g/mol. The van der Waals surface area contributed by atoms with Crippen LogP contribution >= 0.6 is 0 Å². The highest BCUT2D eigenvalue weighted by atomic mass is 19.1. The molecule has 0 atom stereocenters. The minimum Gasteiger partial charge on any atom is -0.460 e. The van der Waals surface area contributed by atoms with Crippen LogP contribution in [-0.2, 0) is 9.47 Å². The molecule has 1 rings (SSSR count). The lowest BCUT2D eigenvalue weighted by Gasteiger charge is -2.03. The molecule has 0 radical (unpaired) electrons. The number of methoxy groups -OCH3 is 1. The number of nitro benzene ring substituents is 1. The van der Waals surface area contributed by atoms with Crippen LogP contribution in [0.1, 0.15) is 10.4 Å². The van der Waals surface area contributed by atoms with Gasteiger partial charge in [-0.25, -0.2) is 4.79 Å². The predicted octanol–water partition coefficient (Wildman–Crippen LogP) is 1.54. The predicted molar refractivity (Wildman–Crippen MR) is 55.2 cm³/mol. The van der Waals surface area contributed by atoms with E-state index >= 15 is 0 Å². The molecule has 0 amide bonds. The first-order valence-corrected chi connectivity index (χ1v) is 4.66. The fourth-order valence-electron chi connectivity index (χ4n) is 1.08. The SMILES string of the molecule is COCCOC(=O)c1ccc([N+](=O)[O-])c(F)c1. The number of benzene rings is 1. The summed E-state index contributed by atoms with van der Waals surface area (Å²) < 4.78 is 22.6. The summed E-state index contributed by atoms with van der Waals surface area (Å²) in [4.78, 5) is 20.8. The molecule has 0 aliphatic heterocycles. The van der Waals surface area contributed by atoms with E-state index in [-0.39, 0.29) is 18.8 Å². The number of ether oxygens (including phenoxy) is 2. The fraction of sp³-hybridized carbons (Fsp3) is 0.300. The van der Waals surface area contributed by atoms with Crippen molar-refractivity contribution in [2.24, 2.45) is 0 Å². The Balaban J connectivity index is 2.76. The van der Waals surface area contributed by atoms with Crippen molar-refractivity contribution in [1.82, 2.24) is 0 Å². The summed E-state index contributed by atoms with van der Waals surface area (Å²) in [5.74, 6) is -1.83. The lowest BCUT2D eigenvalue weighted by molar-refractivity contribution is -0.387. The van der Waals surface area contributed by atoms with Gasteiger partial charge in [0.1, 0.15) is 6.61 Å². The number of esters is 1. The highest BCUT2D eigenvalue weighted by molar-refractivity contribution is 5.89. The molecule has 0 fully saturated rings. The fourth-order valence-corrected chi connectivity index (χ4v) is 1.08. The van der Waals surface area contributed by atoms with E-state index in [1.54, 1.807) is 0 Å². The molecule has 0 saturated heterocycles. The number of hydrogen-bond acceptors (Lipinski definition) is 5. The molecule has 0 N–H and O–H groups in total. The second kappa shape index (κ2) is 5.90. The Bertz CT molecular complexity index is 435. The van der Waals surface area contributed by atoms with Gasteiger partial charge in [0, 0.05) is 13.2 Å². The average Bonchev–Trinajstić information content (AvgIpc) is 2.28. The Morgan fingerprint density at radius 2 is 2.18 bits per heavy atom. The lowest BCUT2D eigenvalue weighted by atomic mass is 10.2. The number of rotatable bonds is 5. The van der Waals surface area contributed by atoms with Gasteiger partial charge in [-0.3, -0.25) is 10.1 Å². The summed E-state index contributed by atoms with van der Waals surface area (Å²) in [6, 6.07) is 2.83. The van der Waals surface area contributed by atoms with E-state index in [0.29, 0.717) is 0 Å². The molecule has 1 aromatic rings. The zero-order chi connectivity index (χ0) is 12.8.